The second-order valence-electron chi connectivity index (χ2n) is 7.35. The number of carbonyl (C=O) groups is 2. The molecular formula is C21H25N3O4S. The molecule has 0 saturated carbocycles. The molecule has 154 valence electrons. The zero-order valence-corrected chi connectivity index (χ0v) is 17.2. The van der Waals surface area contributed by atoms with Gasteiger partial charge in [-0.2, -0.15) is 0 Å². The monoisotopic (exact) mass is 415 g/mol. The second kappa shape index (κ2) is 8.42. The van der Waals surface area contributed by atoms with Crippen LogP contribution < -0.4 is 20.5 Å². The number of thiophene rings is 1. The predicted octanol–water partition coefficient (Wildman–Crippen LogP) is 3.17. The van der Waals surface area contributed by atoms with Crippen LogP contribution in [0.2, 0.25) is 0 Å². The van der Waals surface area contributed by atoms with Gasteiger partial charge in [-0.1, -0.05) is 6.07 Å². The molecule has 3 N–H and O–H groups in total. The molecule has 2 amide bonds. The average Bonchev–Trinajstić information content (AvgIpc) is 3.32. The maximum atomic E-state index is 12.9. The number of primary amides is 1. The number of ether oxygens (including phenoxy) is 2. The van der Waals surface area contributed by atoms with Crippen molar-refractivity contribution < 1.29 is 19.1 Å². The lowest BCUT2D eigenvalue weighted by atomic mass is 10.0. The molecule has 8 heteroatoms. The highest BCUT2D eigenvalue weighted by molar-refractivity contribution is 7.14. The number of nitrogens with zero attached hydrogens (tertiary/aromatic N) is 1. The van der Waals surface area contributed by atoms with Crippen LogP contribution in [0.5, 0.6) is 11.5 Å². The number of amides is 2. The highest BCUT2D eigenvalue weighted by Gasteiger charge is 2.34. The number of hydrogen-bond acceptors (Lipinski definition) is 6. The van der Waals surface area contributed by atoms with E-state index in [1.807, 2.05) is 19.1 Å². The van der Waals surface area contributed by atoms with Gasteiger partial charge in [0.15, 0.2) is 11.5 Å². The van der Waals surface area contributed by atoms with Gasteiger partial charge >= 0.3 is 0 Å². The third kappa shape index (κ3) is 4.09. The lowest BCUT2D eigenvalue weighted by Gasteiger charge is -2.30. The van der Waals surface area contributed by atoms with Crippen molar-refractivity contribution in [1.82, 2.24) is 4.90 Å². The molecule has 1 saturated heterocycles. The summed E-state index contributed by atoms with van der Waals surface area (Å²) in [5.41, 5.74) is 6.85. The molecule has 4 rings (SSSR count). The van der Waals surface area contributed by atoms with Gasteiger partial charge in [0.1, 0.15) is 5.00 Å². The molecule has 29 heavy (non-hydrogen) atoms. The number of hydrogen-bond donors (Lipinski definition) is 2. The molecule has 2 aromatic rings. The normalized spacial score (nSPS) is 20.1. The summed E-state index contributed by atoms with van der Waals surface area (Å²) in [6, 6.07) is 7.48. The van der Waals surface area contributed by atoms with Crippen LogP contribution in [0.15, 0.2) is 29.6 Å². The predicted molar refractivity (Wildman–Crippen MR) is 112 cm³/mol. The maximum absolute atomic E-state index is 12.9. The van der Waals surface area contributed by atoms with Crippen molar-refractivity contribution in [1.29, 1.82) is 0 Å². The second-order valence-corrected chi connectivity index (χ2v) is 8.26. The zero-order valence-electron chi connectivity index (χ0n) is 16.3. The molecule has 2 atom stereocenters. The van der Waals surface area contributed by atoms with Crippen molar-refractivity contribution in [2.45, 2.75) is 38.3 Å². The first-order valence-corrected chi connectivity index (χ1v) is 10.8. The smallest absolute Gasteiger partial charge is 0.251 e. The van der Waals surface area contributed by atoms with E-state index < -0.39 is 5.91 Å². The van der Waals surface area contributed by atoms with Gasteiger partial charge in [-0.3, -0.25) is 14.5 Å². The Morgan fingerprint density at radius 1 is 1.21 bits per heavy atom. The van der Waals surface area contributed by atoms with Gasteiger partial charge in [0.25, 0.3) is 5.91 Å². The van der Waals surface area contributed by atoms with Crippen molar-refractivity contribution in [2.24, 2.45) is 5.73 Å². The van der Waals surface area contributed by atoms with Gasteiger partial charge in [-0.15, -0.1) is 11.3 Å². The van der Waals surface area contributed by atoms with E-state index >= 15 is 0 Å². The number of nitrogens with one attached hydrogen (secondary N) is 1. The molecule has 0 aliphatic carbocycles. The van der Waals surface area contributed by atoms with Gasteiger partial charge in [-0.25, -0.2) is 0 Å². The third-order valence-corrected chi connectivity index (χ3v) is 6.32. The molecule has 0 spiro atoms. The lowest BCUT2D eigenvalue weighted by Crippen LogP contribution is -2.41. The number of fused-ring (bicyclic) bond motifs is 1. The van der Waals surface area contributed by atoms with E-state index in [0.29, 0.717) is 23.8 Å². The average molecular weight is 416 g/mol. The number of anilines is 1. The summed E-state index contributed by atoms with van der Waals surface area (Å²) >= 11 is 1.30. The van der Waals surface area contributed by atoms with Crippen molar-refractivity contribution >= 4 is 28.2 Å². The largest absolute Gasteiger partial charge is 0.490 e. The highest BCUT2D eigenvalue weighted by atomic mass is 32.1. The van der Waals surface area contributed by atoms with Crippen LogP contribution in [0.4, 0.5) is 5.00 Å². The number of likely N-dealkylation sites (tertiary alicyclic amines) is 1. The van der Waals surface area contributed by atoms with Crippen molar-refractivity contribution in [3.63, 3.8) is 0 Å². The SMILES string of the molecule is C[C@H](C(=O)Nc1sccc1C(N)=O)N1CCC[C@H]1c1ccc2c(c1)OCCCO2. The minimum atomic E-state index is -0.541. The number of nitrogens with two attached hydrogens (primary N) is 1. The molecule has 1 aromatic carbocycles. The van der Waals surface area contributed by atoms with E-state index in [1.165, 1.54) is 11.3 Å². The van der Waals surface area contributed by atoms with Crippen molar-refractivity contribution in [2.75, 3.05) is 25.1 Å². The summed E-state index contributed by atoms with van der Waals surface area (Å²) in [6.45, 7) is 4.04. The molecule has 0 unspecified atom stereocenters. The van der Waals surface area contributed by atoms with Crippen LogP contribution in [0.3, 0.4) is 0 Å². The molecule has 2 aliphatic heterocycles. The quantitative estimate of drug-likeness (QED) is 0.782. The maximum Gasteiger partial charge on any atom is 0.251 e. The van der Waals surface area contributed by atoms with Crippen LogP contribution >= 0.6 is 11.3 Å². The molecule has 1 fully saturated rings. The van der Waals surface area contributed by atoms with E-state index in [9.17, 15) is 9.59 Å². The molecule has 7 nitrogen and oxygen atoms in total. The molecule has 3 heterocycles. The van der Waals surface area contributed by atoms with E-state index in [1.54, 1.807) is 11.4 Å². The van der Waals surface area contributed by atoms with Gasteiger partial charge in [0.05, 0.1) is 24.8 Å². The Morgan fingerprint density at radius 2 is 2.00 bits per heavy atom. The Labute approximate surface area is 173 Å². The fraction of sp³-hybridized carbons (Fsp3) is 0.429. The van der Waals surface area contributed by atoms with Crippen LogP contribution in [-0.2, 0) is 4.79 Å². The molecule has 1 aromatic heterocycles. The van der Waals surface area contributed by atoms with E-state index in [2.05, 4.69) is 16.3 Å². The molecule has 2 aliphatic rings. The standard InChI is InChI=1S/C21H25N3O4S/c1-13(20(26)23-21-15(19(22)25)7-11-29-21)24-8-2-4-16(24)14-5-6-17-18(12-14)28-10-3-9-27-17/h5-7,11-13,16H,2-4,8-10H2,1H3,(H2,22,25)(H,23,26)/t13-,16+/m1/s1. The van der Waals surface area contributed by atoms with Crippen LogP contribution in [-0.4, -0.2) is 42.5 Å². The first-order chi connectivity index (χ1) is 14.0. The summed E-state index contributed by atoms with van der Waals surface area (Å²) in [7, 11) is 0. The fourth-order valence-corrected chi connectivity index (χ4v) is 4.76. The van der Waals surface area contributed by atoms with E-state index in [0.717, 1.165) is 42.9 Å². The van der Waals surface area contributed by atoms with Crippen molar-refractivity contribution in [3.05, 3.63) is 40.8 Å². The number of benzene rings is 1. The third-order valence-electron chi connectivity index (χ3n) is 5.49. The van der Waals surface area contributed by atoms with Gasteiger partial charge < -0.3 is 20.5 Å². The molecule has 0 bridgehead atoms. The topological polar surface area (TPSA) is 93.9 Å². The van der Waals surface area contributed by atoms with Gasteiger partial charge in [-0.05, 0) is 55.5 Å². The number of carbonyl (C=O) groups excluding carboxylic acids is 2. The highest BCUT2D eigenvalue weighted by Crippen LogP contribution is 2.39. The fourth-order valence-electron chi connectivity index (χ4n) is 3.96. The van der Waals surface area contributed by atoms with Crippen molar-refractivity contribution in [3.8, 4) is 11.5 Å². The molecule has 0 radical (unpaired) electrons. The van der Waals surface area contributed by atoms with E-state index in [4.69, 9.17) is 15.2 Å². The van der Waals surface area contributed by atoms with E-state index in [-0.39, 0.29) is 18.0 Å². The van der Waals surface area contributed by atoms with Gasteiger partial charge in [0.2, 0.25) is 5.91 Å². The minimum Gasteiger partial charge on any atom is -0.490 e. The Hall–Kier alpha value is -2.58. The van der Waals surface area contributed by atoms with Crippen LogP contribution in [0.1, 0.15) is 48.1 Å². The number of rotatable bonds is 5. The summed E-state index contributed by atoms with van der Waals surface area (Å²) < 4.78 is 11.6. The zero-order chi connectivity index (χ0) is 20.4. The van der Waals surface area contributed by atoms with Crippen LogP contribution in [0.25, 0.3) is 0 Å². The Morgan fingerprint density at radius 3 is 2.79 bits per heavy atom. The van der Waals surface area contributed by atoms with Gasteiger partial charge in [0, 0.05) is 12.5 Å². The summed E-state index contributed by atoms with van der Waals surface area (Å²) in [5.74, 6) is 0.864. The first-order valence-electron chi connectivity index (χ1n) is 9.88. The Bertz CT molecular complexity index is 913. The Balaban J connectivity index is 1.50. The summed E-state index contributed by atoms with van der Waals surface area (Å²) in [4.78, 5) is 26.6. The summed E-state index contributed by atoms with van der Waals surface area (Å²) in [5, 5.41) is 5.12. The lowest BCUT2D eigenvalue weighted by molar-refractivity contribution is -0.121. The first kappa shape index (κ1) is 19.7. The Kier molecular flexibility index (Phi) is 5.73. The summed E-state index contributed by atoms with van der Waals surface area (Å²) in [6.07, 6.45) is 2.86. The van der Waals surface area contributed by atoms with Crippen LogP contribution in [0, 0.1) is 0 Å². The molecular weight excluding hydrogens is 390 g/mol. The minimum absolute atomic E-state index is 0.131.